The number of aromatic amines is 1. The Balaban J connectivity index is 0.000000236. The van der Waals surface area contributed by atoms with Gasteiger partial charge in [-0.3, -0.25) is 24.4 Å². The maximum absolute atomic E-state index is 13.6. The monoisotopic (exact) mass is 1020 g/mol. The fraction of sp³-hybridized carbons (Fsp3) is 0.260. The van der Waals surface area contributed by atoms with E-state index in [0.717, 1.165) is 12.4 Å². The number of methoxy groups -OCH3 is 4. The molecule has 0 fully saturated rings. The van der Waals surface area contributed by atoms with E-state index in [1.807, 2.05) is 51.0 Å². The fourth-order valence-corrected chi connectivity index (χ4v) is 6.65. The fourth-order valence-electron chi connectivity index (χ4n) is 6.65. The Bertz CT molecular complexity index is 3100. The lowest BCUT2D eigenvalue weighted by Crippen LogP contribution is -2.44. The molecule has 0 spiro atoms. The Kier molecular flexibility index (Phi) is 19.3. The van der Waals surface area contributed by atoms with Crippen molar-refractivity contribution in [3.05, 3.63) is 131 Å². The smallest absolute Gasteiger partial charge is 0.254 e. The van der Waals surface area contributed by atoms with Gasteiger partial charge in [-0.05, 0) is 82.4 Å². The van der Waals surface area contributed by atoms with E-state index in [0.29, 0.717) is 85.7 Å². The number of nitrogens with one attached hydrogen (secondary N) is 7. The lowest BCUT2D eigenvalue weighted by molar-refractivity contribution is -0.270. The van der Waals surface area contributed by atoms with Crippen LogP contribution in [0.4, 0.5) is 54.8 Å². The number of carbonyl (C=O) groups excluding carboxylic acids is 3. The van der Waals surface area contributed by atoms with Crippen molar-refractivity contribution in [2.24, 2.45) is 5.73 Å². The molecular formula is C50H59F2N15O7. The molecule has 0 unspecified atom stereocenters. The molecule has 390 valence electrons. The summed E-state index contributed by atoms with van der Waals surface area (Å²) < 4.78 is 48.2. The van der Waals surface area contributed by atoms with E-state index in [9.17, 15) is 23.2 Å². The van der Waals surface area contributed by atoms with Crippen LogP contribution in [0.25, 0.3) is 11.4 Å². The highest BCUT2D eigenvalue weighted by Gasteiger charge is 2.25. The molecule has 0 saturated heterocycles. The molecule has 0 bridgehead atoms. The lowest BCUT2D eigenvalue weighted by Gasteiger charge is -2.32. The SMILES string of the molecule is CNC(=O)c1cnc(Nc2cc(C)c(F)cn2)cc1Nc1cccc(-c2n[nH]c(C)n2)c1OC.CNC(=O)c1cnc(Nc2cc(C)c(F)cn2)cc1Nc1cccc(C(N)=O)c1OC.COC(C)(OC)N(C)C. The Morgan fingerprint density at radius 2 is 1.07 bits per heavy atom. The van der Waals surface area contributed by atoms with Crippen LogP contribution in [0, 0.1) is 32.4 Å². The van der Waals surface area contributed by atoms with Crippen molar-refractivity contribution in [2.45, 2.75) is 33.6 Å². The number of nitrogens with two attached hydrogens (primary N) is 1. The number of hydrogen-bond donors (Lipinski definition) is 8. The van der Waals surface area contributed by atoms with Crippen molar-refractivity contribution in [1.29, 1.82) is 0 Å². The molecule has 24 heteroatoms. The number of rotatable bonds is 17. The van der Waals surface area contributed by atoms with Crippen LogP contribution in [0.15, 0.2) is 85.5 Å². The van der Waals surface area contributed by atoms with Gasteiger partial charge in [-0.2, -0.15) is 5.10 Å². The van der Waals surface area contributed by atoms with Crippen LogP contribution < -0.4 is 47.1 Å². The number of ether oxygens (including phenoxy) is 4. The minimum absolute atomic E-state index is 0.187. The van der Waals surface area contributed by atoms with Crippen molar-refractivity contribution in [3.8, 4) is 22.9 Å². The van der Waals surface area contributed by atoms with Crippen molar-refractivity contribution in [1.82, 2.24) is 50.7 Å². The summed E-state index contributed by atoms with van der Waals surface area (Å²) in [5.41, 5.74) is 9.60. The summed E-state index contributed by atoms with van der Waals surface area (Å²) in [6, 6.07) is 16.7. The number of aryl methyl sites for hydroxylation is 3. The number of carbonyl (C=O) groups is 3. The molecule has 7 aromatic rings. The van der Waals surface area contributed by atoms with Gasteiger partial charge in [0.05, 0.1) is 71.6 Å². The van der Waals surface area contributed by atoms with E-state index in [2.05, 4.69) is 67.0 Å². The maximum atomic E-state index is 13.6. The number of benzene rings is 2. The summed E-state index contributed by atoms with van der Waals surface area (Å²) in [4.78, 5) is 59.3. The third kappa shape index (κ3) is 14.0. The first-order valence-corrected chi connectivity index (χ1v) is 22.4. The Hall–Kier alpha value is -8.87. The van der Waals surface area contributed by atoms with E-state index in [-0.39, 0.29) is 28.7 Å². The second kappa shape index (κ2) is 25.5. The molecule has 7 rings (SSSR count). The molecule has 5 heterocycles. The molecule has 22 nitrogen and oxygen atoms in total. The molecule has 0 radical (unpaired) electrons. The first-order chi connectivity index (χ1) is 35.3. The van der Waals surface area contributed by atoms with E-state index < -0.39 is 23.5 Å². The summed E-state index contributed by atoms with van der Waals surface area (Å²) in [6.07, 6.45) is 5.06. The largest absolute Gasteiger partial charge is 0.494 e. The summed E-state index contributed by atoms with van der Waals surface area (Å²) in [5.74, 6) is 0.732. The maximum Gasteiger partial charge on any atom is 0.254 e. The standard InChI is InChI=1S/C23H23FN8O2.C21H21FN6O3.C6H15NO2/c1-12-8-19(27-11-16(12)24)30-20-9-18(15(10-26-20)23(33)25-3)29-17-7-5-6-14(21(17)34-4)22-28-13(2)31-32-22;1-11-7-17(26-10-14(11)22)28-18-8-16(13(9-25-18)21(30)24-2)27-15-6-4-5-12(20(23)29)19(15)31-3;1-6(8-4,9-5)7(2)3/h5-11H,1-4H3,(H,25,33)(H,28,31,32)(H2,26,27,29,30);4-10H,1-3H3,(H2,23,29)(H,24,30)(H2,25,26,27,28);1-5H3. The zero-order valence-electron chi connectivity index (χ0n) is 42.9. The van der Waals surface area contributed by atoms with Crippen LogP contribution in [0.5, 0.6) is 11.5 Å². The normalized spacial score (nSPS) is 10.7. The van der Waals surface area contributed by atoms with Crippen LogP contribution in [0.3, 0.4) is 0 Å². The number of aromatic nitrogens is 7. The summed E-state index contributed by atoms with van der Waals surface area (Å²) in [6.45, 7) is 6.93. The average molecular weight is 1020 g/mol. The second-order valence-electron chi connectivity index (χ2n) is 16.1. The second-order valence-corrected chi connectivity index (χ2v) is 16.1. The Labute approximate surface area is 426 Å². The molecule has 74 heavy (non-hydrogen) atoms. The van der Waals surface area contributed by atoms with Crippen LogP contribution in [-0.4, -0.2) is 120 Å². The molecule has 0 aliphatic rings. The average Bonchev–Trinajstić information content (AvgIpc) is 3.83. The van der Waals surface area contributed by atoms with E-state index in [1.165, 1.54) is 45.7 Å². The van der Waals surface area contributed by atoms with Gasteiger partial charge in [0.2, 0.25) is 5.91 Å². The number of pyridine rings is 4. The van der Waals surface area contributed by atoms with Crippen molar-refractivity contribution < 1.29 is 42.1 Å². The minimum Gasteiger partial charge on any atom is -0.494 e. The third-order valence-corrected chi connectivity index (χ3v) is 11.0. The topological polar surface area (TPSA) is 283 Å². The molecule has 0 aliphatic carbocycles. The number of amides is 3. The molecule has 0 saturated carbocycles. The third-order valence-electron chi connectivity index (χ3n) is 11.0. The molecule has 0 atom stereocenters. The first kappa shape index (κ1) is 56.0. The number of halogens is 2. The van der Waals surface area contributed by atoms with Crippen molar-refractivity contribution >= 4 is 63.7 Å². The highest BCUT2D eigenvalue weighted by Crippen LogP contribution is 2.38. The number of primary amides is 1. The number of para-hydroxylation sites is 2. The Morgan fingerprint density at radius 1 is 0.622 bits per heavy atom. The molecule has 5 aromatic heterocycles. The van der Waals surface area contributed by atoms with E-state index in [1.54, 1.807) is 65.5 Å². The van der Waals surface area contributed by atoms with Crippen LogP contribution in [0.2, 0.25) is 0 Å². The van der Waals surface area contributed by atoms with Crippen molar-refractivity contribution in [3.63, 3.8) is 0 Å². The number of anilines is 8. The van der Waals surface area contributed by atoms with Gasteiger partial charge in [0.25, 0.3) is 17.7 Å². The highest BCUT2D eigenvalue weighted by molar-refractivity contribution is 6.02. The van der Waals surface area contributed by atoms with Gasteiger partial charge in [0.15, 0.2) is 17.3 Å². The quantitative estimate of drug-likeness (QED) is 0.0416. The number of H-pyrrole nitrogens is 1. The van der Waals surface area contributed by atoms with Gasteiger partial charge < -0.3 is 56.6 Å². The van der Waals surface area contributed by atoms with Crippen LogP contribution >= 0.6 is 0 Å². The zero-order chi connectivity index (χ0) is 54.3. The molecular weight excluding hydrogens is 961 g/mol. The van der Waals surface area contributed by atoms with Crippen LogP contribution in [-0.2, 0) is 9.47 Å². The molecule has 9 N–H and O–H groups in total. The summed E-state index contributed by atoms with van der Waals surface area (Å²) >= 11 is 0. The van der Waals surface area contributed by atoms with E-state index >= 15 is 0 Å². The summed E-state index contributed by atoms with van der Waals surface area (Å²) in [5, 5.41) is 24.6. The molecule has 0 aliphatic heterocycles. The van der Waals surface area contributed by atoms with Gasteiger partial charge in [-0.1, -0.05) is 12.1 Å². The van der Waals surface area contributed by atoms with E-state index in [4.69, 9.17) is 24.7 Å². The van der Waals surface area contributed by atoms with Gasteiger partial charge in [-0.15, -0.1) is 0 Å². The van der Waals surface area contributed by atoms with Crippen LogP contribution in [0.1, 0.15) is 54.9 Å². The van der Waals surface area contributed by atoms with Crippen molar-refractivity contribution in [2.75, 3.05) is 77.9 Å². The predicted molar refractivity (Wildman–Crippen MR) is 277 cm³/mol. The first-order valence-electron chi connectivity index (χ1n) is 22.4. The predicted octanol–water partition coefficient (Wildman–Crippen LogP) is 7.27. The highest BCUT2D eigenvalue weighted by atomic mass is 19.1. The summed E-state index contributed by atoms with van der Waals surface area (Å²) in [7, 11) is 13.0. The number of hydrogen-bond acceptors (Lipinski definition) is 18. The van der Waals surface area contributed by atoms with Gasteiger partial charge in [-0.25, -0.2) is 33.7 Å². The zero-order valence-corrected chi connectivity index (χ0v) is 42.9. The van der Waals surface area contributed by atoms with Gasteiger partial charge in [0.1, 0.15) is 40.7 Å². The molecule has 2 aromatic carbocycles. The molecule has 3 amide bonds. The Morgan fingerprint density at radius 3 is 1.45 bits per heavy atom. The van der Waals surface area contributed by atoms with Gasteiger partial charge >= 0.3 is 0 Å². The minimum atomic E-state index is -0.651. The lowest BCUT2D eigenvalue weighted by atomic mass is 10.1. The van der Waals surface area contributed by atoms with Gasteiger partial charge in [0, 0.05) is 59.8 Å². The number of nitrogens with zero attached hydrogens (tertiary/aromatic N) is 7.